The minimum atomic E-state index is 0.786. The van der Waals surface area contributed by atoms with E-state index in [9.17, 15) is 0 Å². The molecule has 2 heterocycles. The zero-order chi connectivity index (χ0) is 12.8. The van der Waals surface area contributed by atoms with Crippen molar-refractivity contribution in [2.45, 2.75) is 18.1 Å². The summed E-state index contributed by atoms with van der Waals surface area (Å²) in [6.07, 6.45) is 4.68. The van der Waals surface area contributed by atoms with Crippen LogP contribution < -0.4 is 5.32 Å². The molecule has 0 fully saturated rings. The molecule has 0 atom stereocenters. The molecule has 2 rings (SSSR count). The molecular weight excluding hydrogens is 250 g/mol. The first kappa shape index (κ1) is 13.0. The fraction of sp³-hybridized carbons (Fsp3) is 0.600. The first-order valence-corrected chi connectivity index (χ1v) is 6.79. The molecule has 0 amide bonds. The van der Waals surface area contributed by atoms with E-state index in [1.807, 2.05) is 35.7 Å². The Morgan fingerprint density at radius 3 is 3.06 bits per heavy atom. The lowest BCUT2D eigenvalue weighted by Crippen LogP contribution is -2.16. The van der Waals surface area contributed by atoms with Gasteiger partial charge >= 0.3 is 0 Å². The molecular formula is C10H17N7S. The molecule has 0 radical (unpaired) electrons. The average molecular weight is 267 g/mol. The van der Waals surface area contributed by atoms with E-state index in [1.165, 1.54) is 0 Å². The highest BCUT2D eigenvalue weighted by Gasteiger charge is 2.07. The van der Waals surface area contributed by atoms with Crippen LogP contribution in [0.4, 0.5) is 0 Å². The molecule has 0 saturated carbocycles. The molecule has 0 aromatic carbocycles. The summed E-state index contributed by atoms with van der Waals surface area (Å²) in [4.78, 5) is 4.29. The maximum Gasteiger partial charge on any atom is 0.209 e. The third kappa shape index (κ3) is 3.30. The quantitative estimate of drug-likeness (QED) is 0.710. The van der Waals surface area contributed by atoms with Crippen molar-refractivity contribution in [3.05, 3.63) is 18.2 Å². The summed E-state index contributed by atoms with van der Waals surface area (Å²) < 4.78 is 3.85. The fourth-order valence-corrected chi connectivity index (χ4v) is 2.37. The minimum absolute atomic E-state index is 0.786. The van der Waals surface area contributed by atoms with Crippen LogP contribution in [-0.4, -0.2) is 49.1 Å². The number of thioether (sulfide) groups is 1. The van der Waals surface area contributed by atoms with Crippen molar-refractivity contribution in [3.8, 4) is 0 Å². The molecule has 0 spiro atoms. The Morgan fingerprint density at radius 2 is 2.33 bits per heavy atom. The molecule has 7 nitrogen and oxygen atoms in total. The summed E-state index contributed by atoms with van der Waals surface area (Å²) >= 11 is 1.66. The summed E-state index contributed by atoms with van der Waals surface area (Å²) in [5.41, 5.74) is 0. The first-order chi connectivity index (χ1) is 8.81. The van der Waals surface area contributed by atoms with Gasteiger partial charge in [-0.25, -0.2) is 9.67 Å². The summed E-state index contributed by atoms with van der Waals surface area (Å²) in [6.45, 7) is 1.65. The van der Waals surface area contributed by atoms with Crippen LogP contribution >= 0.6 is 11.8 Å². The van der Waals surface area contributed by atoms with Gasteiger partial charge in [0, 0.05) is 38.2 Å². The van der Waals surface area contributed by atoms with E-state index in [0.29, 0.717) is 0 Å². The molecule has 0 bridgehead atoms. The molecule has 0 aliphatic rings. The van der Waals surface area contributed by atoms with E-state index in [2.05, 4.69) is 25.8 Å². The highest BCUT2D eigenvalue weighted by molar-refractivity contribution is 7.99. The van der Waals surface area contributed by atoms with Crippen molar-refractivity contribution in [1.82, 2.24) is 35.1 Å². The van der Waals surface area contributed by atoms with Gasteiger partial charge in [0.15, 0.2) is 0 Å². The largest absolute Gasteiger partial charge is 0.338 e. The number of hydrogen-bond donors (Lipinski definition) is 1. The van der Waals surface area contributed by atoms with Crippen LogP contribution in [0.1, 0.15) is 5.82 Å². The number of likely N-dealkylation sites (N-methyl/N-ethyl adjacent to an activating group) is 1. The van der Waals surface area contributed by atoms with Gasteiger partial charge < -0.3 is 9.88 Å². The van der Waals surface area contributed by atoms with Gasteiger partial charge in [-0.1, -0.05) is 11.8 Å². The van der Waals surface area contributed by atoms with Crippen LogP contribution in [0.25, 0.3) is 0 Å². The summed E-state index contributed by atoms with van der Waals surface area (Å²) in [7, 11) is 3.92. The van der Waals surface area contributed by atoms with Gasteiger partial charge in [0.2, 0.25) is 5.16 Å². The van der Waals surface area contributed by atoms with E-state index in [0.717, 1.165) is 36.2 Å². The normalized spacial score (nSPS) is 11.0. The Balaban J connectivity index is 1.83. The first-order valence-electron chi connectivity index (χ1n) is 5.81. The third-order valence-corrected chi connectivity index (χ3v) is 3.51. The lowest BCUT2D eigenvalue weighted by Gasteiger charge is -2.04. The minimum Gasteiger partial charge on any atom is -0.338 e. The van der Waals surface area contributed by atoms with Crippen LogP contribution in [0.5, 0.6) is 0 Å². The smallest absolute Gasteiger partial charge is 0.209 e. The van der Waals surface area contributed by atoms with Crippen LogP contribution in [0.3, 0.4) is 0 Å². The number of hydrogen-bond acceptors (Lipinski definition) is 6. The SMILES string of the molecule is CNCCn1nnnc1SCCc1nccn1C. The summed E-state index contributed by atoms with van der Waals surface area (Å²) in [5, 5.41) is 15.6. The molecule has 2 aromatic rings. The Morgan fingerprint density at radius 1 is 1.44 bits per heavy atom. The van der Waals surface area contributed by atoms with E-state index >= 15 is 0 Å². The number of nitrogens with zero attached hydrogens (tertiary/aromatic N) is 6. The van der Waals surface area contributed by atoms with Gasteiger partial charge in [-0.2, -0.15) is 0 Å². The highest BCUT2D eigenvalue weighted by atomic mass is 32.2. The molecule has 8 heteroatoms. The van der Waals surface area contributed by atoms with E-state index in [4.69, 9.17) is 0 Å². The zero-order valence-corrected chi connectivity index (χ0v) is 11.4. The molecule has 0 saturated heterocycles. The molecule has 98 valence electrons. The van der Waals surface area contributed by atoms with Crippen molar-refractivity contribution in [2.24, 2.45) is 7.05 Å². The Labute approximate surface area is 110 Å². The summed E-state index contributed by atoms with van der Waals surface area (Å²) in [6, 6.07) is 0. The van der Waals surface area contributed by atoms with Crippen molar-refractivity contribution in [3.63, 3.8) is 0 Å². The number of rotatable bonds is 7. The Kier molecular flexibility index (Phi) is 4.71. The van der Waals surface area contributed by atoms with E-state index in [1.54, 1.807) is 11.8 Å². The zero-order valence-electron chi connectivity index (χ0n) is 10.6. The van der Waals surface area contributed by atoms with Gasteiger partial charge in [0.25, 0.3) is 0 Å². The second-order valence-corrected chi connectivity index (χ2v) is 4.90. The van der Waals surface area contributed by atoms with Gasteiger partial charge in [-0.05, 0) is 17.5 Å². The lowest BCUT2D eigenvalue weighted by atomic mass is 10.4. The monoisotopic (exact) mass is 267 g/mol. The van der Waals surface area contributed by atoms with E-state index in [-0.39, 0.29) is 0 Å². The number of aromatic nitrogens is 6. The average Bonchev–Trinajstić information content (AvgIpc) is 2.97. The standard InChI is InChI=1S/C10H17N7S/c1-11-4-7-17-10(13-14-15-17)18-8-3-9-12-5-6-16(9)2/h5-6,11H,3-4,7-8H2,1-2H3. The number of aryl methyl sites for hydroxylation is 2. The second-order valence-electron chi connectivity index (χ2n) is 3.84. The van der Waals surface area contributed by atoms with Crippen LogP contribution in [-0.2, 0) is 20.0 Å². The molecule has 0 aliphatic heterocycles. The van der Waals surface area contributed by atoms with Crippen molar-refractivity contribution < 1.29 is 0 Å². The predicted molar refractivity (Wildman–Crippen MR) is 69.4 cm³/mol. The number of nitrogens with one attached hydrogen (secondary N) is 1. The maximum atomic E-state index is 4.29. The lowest BCUT2D eigenvalue weighted by molar-refractivity contribution is 0.530. The van der Waals surface area contributed by atoms with Crippen LogP contribution in [0.2, 0.25) is 0 Å². The van der Waals surface area contributed by atoms with Gasteiger partial charge in [-0.3, -0.25) is 0 Å². The van der Waals surface area contributed by atoms with Crippen molar-refractivity contribution in [1.29, 1.82) is 0 Å². The van der Waals surface area contributed by atoms with Crippen molar-refractivity contribution in [2.75, 3.05) is 19.3 Å². The molecule has 1 N–H and O–H groups in total. The molecule has 0 unspecified atom stereocenters. The Hall–Kier alpha value is -1.41. The molecule has 0 aliphatic carbocycles. The predicted octanol–water partition coefficient (Wildman–Crippen LogP) is -0.0392. The van der Waals surface area contributed by atoms with Crippen molar-refractivity contribution >= 4 is 11.8 Å². The van der Waals surface area contributed by atoms with Crippen LogP contribution in [0.15, 0.2) is 17.6 Å². The van der Waals surface area contributed by atoms with Gasteiger partial charge in [0.05, 0.1) is 6.54 Å². The highest BCUT2D eigenvalue weighted by Crippen LogP contribution is 2.14. The number of imidazole rings is 1. The van der Waals surface area contributed by atoms with Gasteiger partial charge in [-0.15, -0.1) is 5.10 Å². The second kappa shape index (κ2) is 6.50. The van der Waals surface area contributed by atoms with E-state index < -0.39 is 0 Å². The van der Waals surface area contributed by atoms with Crippen LogP contribution in [0, 0.1) is 0 Å². The Bertz CT molecular complexity index is 478. The molecule has 2 aromatic heterocycles. The molecule has 18 heavy (non-hydrogen) atoms. The number of tetrazole rings is 1. The third-order valence-electron chi connectivity index (χ3n) is 2.55. The van der Waals surface area contributed by atoms with Gasteiger partial charge in [0.1, 0.15) is 5.82 Å². The summed E-state index contributed by atoms with van der Waals surface area (Å²) in [5.74, 6) is 2.00. The topological polar surface area (TPSA) is 73.5 Å². The maximum absolute atomic E-state index is 4.29. The fourth-order valence-electron chi connectivity index (χ4n) is 1.53.